The van der Waals surface area contributed by atoms with E-state index in [9.17, 15) is 18.0 Å². The predicted molar refractivity (Wildman–Crippen MR) is 116 cm³/mol. The van der Waals surface area contributed by atoms with E-state index < -0.39 is 28.5 Å². The predicted octanol–water partition coefficient (Wildman–Crippen LogP) is 3.25. The summed E-state index contributed by atoms with van der Waals surface area (Å²) in [4.78, 5) is 24.1. The zero-order valence-corrected chi connectivity index (χ0v) is 18.6. The van der Waals surface area contributed by atoms with E-state index in [1.165, 1.54) is 36.4 Å². The molecular weight excluding hydrogens is 467 g/mol. The molecule has 0 saturated carbocycles. The van der Waals surface area contributed by atoms with Crippen molar-refractivity contribution in [2.75, 3.05) is 24.5 Å². The molecule has 0 unspecified atom stereocenters. The summed E-state index contributed by atoms with van der Waals surface area (Å²) < 4.78 is 38.0. The van der Waals surface area contributed by atoms with Gasteiger partial charge in [-0.05, 0) is 55.3 Å². The molecule has 1 fully saturated rings. The summed E-state index contributed by atoms with van der Waals surface area (Å²) in [6.07, 6.45) is 1.77. The van der Waals surface area contributed by atoms with Crippen LogP contribution in [0.5, 0.6) is 0 Å². The van der Waals surface area contributed by atoms with Crippen LogP contribution in [0.4, 0.5) is 5.69 Å². The van der Waals surface area contributed by atoms with Crippen molar-refractivity contribution >= 4 is 50.8 Å². The van der Waals surface area contributed by atoms with Crippen molar-refractivity contribution in [3.05, 3.63) is 58.1 Å². The number of carbonyl (C=O) groups excluding carboxylic acids is 2. The van der Waals surface area contributed by atoms with E-state index in [0.29, 0.717) is 23.9 Å². The molecule has 0 spiro atoms. The van der Waals surface area contributed by atoms with E-state index in [4.69, 9.17) is 32.7 Å². The van der Waals surface area contributed by atoms with Gasteiger partial charge in [-0.15, -0.1) is 0 Å². The summed E-state index contributed by atoms with van der Waals surface area (Å²) in [5.41, 5.74) is 0.124. The van der Waals surface area contributed by atoms with E-state index >= 15 is 0 Å². The summed E-state index contributed by atoms with van der Waals surface area (Å²) >= 11 is 11.8. The number of benzene rings is 2. The Labute approximate surface area is 189 Å². The van der Waals surface area contributed by atoms with Gasteiger partial charge in [-0.25, -0.2) is 13.2 Å². The molecular formula is C20H20Cl2N2O6S. The highest BCUT2D eigenvalue weighted by Gasteiger charge is 2.21. The maximum atomic E-state index is 12.6. The van der Waals surface area contributed by atoms with E-state index in [1.807, 2.05) is 0 Å². The first kappa shape index (κ1) is 23.3. The first-order chi connectivity index (χ1) is 14.7. The summed E-state index contributed by atoms with van der Waals surface area (Å²) in [6, 6.07) is 9.69. The molecule has 1 saturated heterocycles. The van der Waals surface area contributed by atoms with Gasteiger partial charge in [0.2, 0.25) is 0 Å². The van der Waals surface area contributed by atoms with Crippen molar-refractivity contribution in [1.82, 2.24) is 5.32 Å². The molecule has 1 heterocycles. The minimum absolute atomic E-state index is 0.00444. The smallest absolute Gasteiger partial charge is 0.340 e. The average Bonchev–Trinajstić information content (AvgIpc) is 3.26. The standard InChI is InChI=1S/C20H20Cl2N2O6S/c21-13-3-5-14(6-4-13)24-31(27,28)16-7-8-18(22)17(10-16)20(26)30-12-19(25)23-11-15-2-1-9-29-15/h3-8,10,15,24H,1-2,9,11-12H2,(H,23,25)/t15-/m0/s1. The average molecular weight is 487 g/mol. The fourth-order valence-electron chi connectivity index (χ4n) is 2.85. The monoisotopic (exact) mass is 486 g/mol. The van der Waals surface area contributed by atoms with Crippen molar-refractivity contribution < 1.29 is 27.5 Å². The van der Waals surface area contributed by atoms with Gasteiger partial charge in [0.25, 0.3) is 15.9 Å². The third-order valence-corrected chi connectivity index (χ3v) is 6.41. The Morgan fingerprint density at radius 3 is 2.55 bits per heavy atom. The molecule has 0 bridgehead atoms. The third-order valence-electron chi connectivity index (χ3n) is 4.45. The van der Waals surface area contributed by atoms with Crippen molar-refractivity contribution in [3.8, 4) is 0 Å². The maximum Gasteiger partial charge on any atom is 0.340 e. The van der Waals surface area contributed by atoms with Gasteiger partial charge in [0.05, 0.1) is 21.6 Å². The number of esters is 1. The van der Waals surface area contributed by atoms with Gasteiger partial charge in [-0.3, -0.25) is 9.52 Å². The summed E-state index contributed by atoms with van der Waals surface area (Å²) in [6.45, 7) is 0.475. The first-order valence-corrected chi connectivity index (χ1v) is 11.6. The lowest BCUT2D eigenvalue weighted by molar-refractivity contribution is -0.124. The quantitative estimate of drug-likeness (QED) is 0.554. The highest BCUT2D eigenvalue weighted by molar-refractivity contribution is 7.92. The lowest BCUT2D eigenvalue weighted by Gasteiger charge is -2.12. The van der Waals surface area contributed by atoms with Crippen LogP contribution in [-0.4, -0.2) is 46.2 Å². The molecule has 0 radical (unpaired) electrons. The van der Waals surface area contributed by atoms with Crippen molar-refractivity contribution in [2.24, 2.45) is 0 Å². The Kier molecular flexibility index (Phi) is 7.77. The van der Waals surface area contributed by atoms with Gasteiger partial charge in [0.1, 0.15) is 0 Å². The van der Waals surface area contributed by atoms with Gasteiger partial charge in [-0.1, -0.05) is 23.2 Å². The molecule has 8 nitrogen and oxygen atoms in total. The van der Waals surface area contributed by atoms with E-state index in [2.05, 4.69) is 10.0 Å². The minimum atomic E-state index is -4.00. The van der Waals surface area contributed by atoms with Crippen LogP contribution in [0.15, 0.2) is 47.4 Å². The normalized spacial score (nSPS) is 16.0. The lowest BCUT2D eigenvalue weighted by Crippen LogP contribution is -2.34. The number of amides is 1. The second kappa shape index (κ2) is 10.3. The molecule has 1 amide bonds. The van der Waals surface area contributed by atoms with Gasteiger partial charge in [-0.2, -0.15) is 0 Å². The van der Waals surface area contributed by atoms with Gasteiger partial charge >= 0.3 is 5.97 Å². The van der Waals surface area contributed by atoms with Crippen LogP contribution >= 0.6 is 23.2 Å². The maximum absolute atomic E-state index is 12.6. The Hall–Kier alpha value is -2.33. The number of ether oxygens (including phenoxy) is 2. The Balaban J connectivity index is 1.63. The van der Waals surface area contributed by atoms with Crippen molar-refractivity contribution in [3.63, 3.8) is 0 Å². The molecule has 2 aromatic rings. The SMILES string of the molecule is O=C(COC(=O)c1cc(S(=O)(=O)Nc2ccc(Cl)cc2)ccc1Cl)NC[C@@H]1CCCO1. The van der Waals surface area contributed by atoms with Crippen molar-refractivity contribution in [2.45, 2.75) is 23.8 Å². The molecule has 2 N–H and O–H groups in total. The van der Waals surface area contributed by atoms with Crippen LogP contribution in [0.1, 0.15) is 23.2 Å². The van der Waals surface area contributed by atoms with Gasteiger partial charge in [0.15, 0.2) is 6.61 Å². The second-order valence-electron chi connectivity index (χ2n) is 6.77. The Morgan fingerprint density at radius 1 is 1.13 bits per heavy atom. The van der Waals surface area contributed by atoms with Crippen LogP contribution in [0, 0.1) is 0 Å². The van der Waals surface area contributed by atoms with Crippen LogP contribution < -0.4 is 10.0 Å². The minimum Gasteiger partial charge on any atom is -0.452 e. The molecule has 2 aromatic carbocycles. The van der Waals surface area contributed by atoms with E-state index in [1.54, 1.807) is 0 Å². The number of rotatable bonds is 8. The van der Waals surface area contributed by atoms with Crippen LogP contribution in [0.25, 0.3) is 0 Å². The molecule has 166 valence electrons. The lowest BCUT2D eigenvalue weighted by atomic mass is 10.2. The molecule has 0 aromatic heterocycles. The number of carbonyl (C=O) groups is 2. The zero-order valence-electron chi connectivity index (χ0n) is 16.3. The van der Waals surface area contributed by atoms with Gasteiger partial charge < -0.3 is 14.8 Å². The number of nitrogens with one attached hydrogen (secondary N) is 2. The molecule has 1 atom stereocenters. The van der Waals surface area contributed by atoms with E-state index in [0.717, 1.165) is 18.9 Å². The van der Waals surface area contributed by atoms with Crippen LogP contribution in [-0.2, 0) is 24.3 Å². The van der Waals surface area contributed by atoms with Crippen molar-refractivity contribution in [1.29, 1.82) is 0 Å². The molecule has 31 heavy (non-hydrogen) atoms. The Bertz CT molecular complexity index is 1050. The number of sulfonamides is 1. The fourth-order valence-corrected chi connectivity index (χ4v) is 4.26. The summed E-state index contributed by atoms with van der Waals surface area (Å²) in [7, 11) is -4.00. The van der Waals surface area contributed by atoms with E-state index in [-0.39, 0.29) is 21.6 Å². The second-order valence-corrected chi connectivity index (χ2v) is 9.30. The molecule has 1 aliphatic rings. The third kappa shape index (κ3) is 6.57. The molecule has 11 heteroatoms. The molecule has 0 aliphatic carbocycles. The summed E-state index contributed by atoms with van der Waals surface area (Å²) in [5.74, 6) is -1.41. The summed E-state index contributed by atoms with van der Waals surface area (Å²) in [5, 5.41) is 3.08. The topological polar surface area (TPSA) is 111 Å². The highest BCUT2D eigenvalue weighted by Crippen LogP contribution is 2.24. The largest absolute Gasteiger partial charge is 0.452 e. The molecule has 3 rings (SSSR count). The van der Waals surface area contributed by atoms with Crippen LogP contribution in [0.3, 0.4) is 0 Å². The highest BCUT2D eigenvalue weighted by atomic mass is 35.5. The number of hydrogen-bond acceptors (Lipinski definition) is 6. The van der Waals surface area contributed by atoms with Gasteiger partial charge in [0, 0.05) is 23.9 Å². The fraction of sp³-hybridized carbons (Fsp3) is 0.300. The van der Waals surface area contributed by atoms with Crippen LogP contribution in [0.2, 0.25) is 10.0 Å². The number of halogens is 2. The zero-order chi connectivity index (χ0) is 22.4. The molecule has 1 aliphatic heterocycles. The number of anilines is 1. The number of hydrogen-bond donors (Lipinski definition) is 2. The Morgan fingerprint density at radius 2 is 1.87 bits per heavy atom. The first-order valence-electron chi connectivity index (χ1n) is 9.38.